The molecule has 2 aliphatic rings. The first-order valence-corrected chi connectivity index (χ1v) is 6.35. The second-order valence-corrected chi connectivity index (χ2v) is 4.91. The van der Waals surface area contributed by atoms with Crippen molar-refractivity contribution in [2.75, 3.05) is 23.7 Å². The van der Waals surface area contributed by atoms with Gasteiger partial charge in [-0.3, -0.25) is 0 Å². The van der Waals surface area contributed by atoms with Gasteiger partial charge in [0.25, 0.3) is 0 Å². The minimum Gasteiger partial charge on any atom is -0.384 e. The smallest absolute Gasteiger partial charge is 0.227 e. The summed E-state index contributed by atoms with van der Waals surface area (Å²) in [6.45, 7) is 0.988. The monoisotopic (exact) mass is 252 g/mol. The molecule has 3 rings (SSSR count). The zero-order valence-corrected chi connectivity index (χ0v) is 10.1. The maximum absolute atomic E-state index is 14.0. The van der Waals surface area contributed by atoms with Gasteiger partial charge in [0, 0.05) is 12.7 Å². The van der Waals surface area contributed by atoms with Gasteiger partial charge in [0.05, 0.1) is 18.8 Å². The molecule has 1 saturated carbocycles. The maximum Gasteiger partial charge on any atom is 0.227 e. The molecule has 1 aromatic rings. The normalized spacial score (nSPS) is 28.4. The minimum atomic E-state index is -0.982. The average Bonchev–Trinajstić information content (AvgIpc) is 3.16. The van der Waals surface area contributed by atoms with Gasteiger partial charge < -0.3 is 15.4 Å². The number of nitrogen functional groups attached to an aromatic ring is 1. The molecule has 1 saturated heterocycles. The van der Waals surface area contributed by atoms with E-state index in [9.17, 15) is 4.39 Å². The summed E-state index contributed by atoms with van der Waals surface area (Å²) in [5.41, 5.74) is 5.61. The Morgan fingerprint density at radius 2 is 2.22 bits per heavy atom. The van der Waals surface area contributed by atoms with E-state index in [0.717, 1.165) is 12.8 Å². The van der Waals surface area contributed by atoms with Crippen LogP contribution < -0.4 is 10.6 Å². The Balaban J connectivity index is 1.63. The van der Waals surface area contributed by atoms with E-state index in [0.29, 0.717) is 30.8 Å². The number of ether oxygens (including phenoxy) is 1. The number of rotatable bonds is 3. The van der Waals surface area contributed by atoms with Crippen LogP contribution in [0.4, 0.5) is 16.2 Å². The molecule has 2 heterocycles. The largest absolute Gasteiger partial charge is 0.384 e. The number of aromatic nitrogens is 2. The van der Waals surface area contributed by atoms with Crippen LogP contribution in [0, 0.1) is 0 Å². The molecule has 1 aliphatic heterocycles. The van der Waals surface area contributed by atoms with Crippen molar-refractivity contribution in [3.63, 3.8) is 0 Å². The summed E-state index contributed by atoms with van der Waals surface area (Å²) in [6.07, 6.45) is 3.46. The lowest BCUT2D eigenvalue weighted by molar-refractivity contribution is -0.0229. The van der Waals surface area contributed by atoms with Crippen molar-refractivity contribution in [1.82, 2.24) is 9.97 Å². The molecular weight excluding hydrogens is 235 g/mol. The Bertz CT molecular complexity index is 426. The fourth-order valence-corrected chi connectivity index (χ4v) is 2.18. The van der Waals surface area contributed by atoms with E-state index in [1.54, 1.807) is 12.3 Å². The highest BCUT2D eigenvalue weighted by Gasteiger charge is 2.35. The third-order valence-corrected chi connectivity index (χ3v) is 3.32. The number of anilines is 2. The molecule has 0 amide bonds. The molecule has 1 aliphatic carbocycles. The highest BCUT2D eigenvalue weighted by Crippen LogP contribution is 2.29. The number of piperidine rings is 1. The lowest BCUT2D eigenvalue weighted by Gasteiger charge is -2.34. The first-order valence-electron chi connectivity index (χ1n) is 6.35. The van der Waals surface area contributed by atoms with E-state index in [-0.39, 0.29) is 12.6 Å². The second kappa shape index (κ2) is 4.68. The molecule has 1 aromatic heterocycles. The van der Waals surface area contributed by atoms with Crippen LogP contribution in [-0.4, -0.2) is 41.4 Å². The molecule has 0 spiro atoms. The van der Waals surface area contributed by atoms with E-state index >= 15 is 0 Å². The van der Waals surface area contributed by atoms with Gasteiger partial charge in [-0.1, -0.05) is 0 Å². The molecule has 18 heavy (non-hydrogen) atoms. The number of alkyl halides is 1. The molecule has 5 nitrogen and oxygen atoms in total. The van der Waals surface area contributed by atoms with Gasteiger partial charge in [-0.2, -0.15) is 4.98 Å². The standard InChI is InChI=1S/C12H17FN4O/c13-9-7-17(12-15-5-3-11(14)16-12)6-4-10(9)18-8-1-2-8/h3,5,8-10H,1-2,4,6-7H2,(H2,14,15,16)/t9-,10+/m1/s1. The van der Waals surface area contributed by atoms with Crippen molar-refractivity contribution in [2.24, 2.45) is 0 Å². The van der Waals surface area contributed by atoms with Gasteiger partial charge in [-0.25, -0.2) is 9.37 Å². The van der Waals surface area contributed by atoms with E-state index in [1.807, 2.05) is 4.90 Å². The quantitative estimate of drug-likeness (QED) is 0.874. The van der Waals surface area contributed by atoms with Gasteiger partial charge in [0.1, 0.15) is 12.0 Å². The Labute approximate surface area is 105 Å². The Hall–Kier alpha value is -1.43. The topological polar surface area (TPSA) is 64.3 Å². The summed E-state index contributed by atoms with van der Waals surface area (Å²) in [4.78, 5) is 10.1. The van der Waals surface area contributed by atoms with Crippen LogP contribution in [0.1, 0.15) is 19.3 Å². The summed E-state index contributed by atoms with van der Waals surface area (Å²) in [5, 5.41) is 0. The lowest BCUT2D eigenvalue weighted by Crippen LogP contribution is -2.46. The van der Waals surface area contributed by atoms with Crippen LogP contribution in [0.3, 0.4) is 0 Å². The maximum atomic E-state index is 14.0. The number of halogens is 1. The van der Waals surface area contributed by atoms with E-state index in [4.69, 9.17) is 10.5 Å². The molecule has 2 fully saturated rings. The predicted molar refractivity (Wildman–Crippen MR) is 66.1 cm³/mol. The second-order valence-electron chi connectivity index (χ2n) is 4.91. The third-order valence-electron chi connectivity index (χ3n) is 3.32. The third kappa shape index (κ3) is 2.53. The fraction of sp³-hybridized carbons (Fsp3) is 0.667. The molecule has 0 unspecified atom stereocenters. The van der Waals surface area contributed by atoms with Crippen molar-refractivity contribution in [3.05, 3.63) is 12.3 Å². The number of nitrogens with zero attached hydrogens (tertiary/aromatic N) is 3. The number of hydrogen-bond acceptors (Lipinski definition) is 5. The summed E-state index contributed by atoms with van der Waals surface area (Å²) in [7, 11) is 0. The van der Waals surface area contributed by atoms with Gasteiger partial charge in [-0.15, -0.1) is 0 Å². The molecule has 0 radical (unpaired) electrons. The van der Waals surface area contributed by atoms with Crippen molar-refractivity contribution in [2.45, 2.75) is 37.6 Å². The fourth-order valence-electron chi connectivity index (χ4n) is 2.18. The van der Waals surface area contributed by atoms with Crippen LogP contribution in [-0.2, 0) is 4.74 Å². The van der Waals surface area contributed by atoms with Gasteiger partial charge in [0.15, 0.2) is 0 Å². The van der Waals surface area contributed by atoms with E-state index in [1.165, 1.54) is 0 Å². The van der Waals surface area contributed by atoms with Gasteiger partial charge in [-0.05, 0) is 25.3 Å². The minimum absolute atomic E-state index is 0.269. The Morgan fingerprint density at radius 1 is 1.39 bits per heavy atom. The molecule has 98 valence electrons. The molecule has 6 heteroatoms. The molecule has 2 atom stereocenters. The summed E-state index contributed by atoms with van der Waals surface area (Å²) >= 11 is 0. The predicted octanol–water partition coefficient (Wildman–Crippen LogP) is 1.15. The van der Waals surface area contributed by atoms with Gasteiger partial charge in [0.2, 0.25) is 5.95 Å². The molecular formula is C12H17FN4O. The highest BCUT2D eigenvalue weighted by atomic mass is 19.1. The van der Waals surface area contributed by atoms with Crippen molar-refractivity contribution in [1.29, 1.82) is 0 Å². The van der Waals surface area contributed by atoms with Crippen LogP contribution in [0.25, 0.3) is 0 Å². The summed E-state index contributed by atoms with van der Waals surface area (Å²) in [6, 6.07) is 1.62. The highest BCUT2D eigenvalue weighted by molar-refractivity contribution is 5.38. The van der Waals surface area contributed by atoms with Crippen molar-refractivity contribution >= 4 is 11.8 Å². The van der Waals surface area contributed by atoms with Crippen molar-refractivity contribution < 1.29 is 9.13 Å². The van der Waals surface area contributed by atoms with E-state index < -0.39 is 6.17 Å². The van der Waals surface area contributed by atoms with Crippen LogP contribution in [0.2, 0.25) is 0 Å². The van der Waals surface area contributed by atoms with Crippen molar-refractivity contribution in [3.8, 4) is 0 Å². The first kappa shape index (κ1) is 11.6. The SMILES string of the molecule is Nc1ccnc(N2CC[C@H](OC3CC3)[C@H](F)C2)n1. The van der Waals surface area contributed by atoms with Gasteiger partial charge >= 0.3 is 0 Å². The zero-order valence-electron chi connectivity index (χ0n) is 10.1. The summed E-state index contributed by atoms with van der Waals surface area (Å²) in [5.74, 6) is 0.911. The Kier molecular flexibility index (Phi) is 3.03. The molecule has 2 N–H and O–H groups in total. The van der Waals surface area contributed by atoms with Crippen LogP contribution in [0.15, 0.2) is 12.3 Å². The number of nitrogens with two attached hydrogens (primary N) is 1. The summed E-state index contributed by atoms with van der Waals surface area (Å²) < 4.78 is 19.7. The molecule has 0 aromatic carbocycles. The average molecular weight is 252 g/mol. The first-order chi connectivity index (χ1) is 8.72. The van der Waals surface area contributed by atoms with Crippen LogP contribution in [0.5, 0.6) is 0 Å². The number of hydrogen-bond donors (Lipinski definition) is 1. The molecule has 0 bridgehead atoms. The lowest BCUT2D eigenvalue weighted by atomic mass is 10.1. The Morgan fingerprint density at radius 3 is 2.89 bits per heavy atom. The van der Waals surface area contributed by atoms with Crippen LogP contribution >= 0.6 is 0 Å². The zero-order chi connectivity index (χ0) is 12.5. The van der Waals surface area contributed by atoms with E-state index in [2.05, 4.69) is 9.97 Å².